The molecule has 1 aromatic carbocycles. The van der Waals surface area contributed by atoms with Crippen LogP contribution in [0.15, 0.2) is 27.7 Å². The molecule has 0 bridgehead atoms. The fourth-order valence-corrected chi connectivity index (χ4v) is 2.62. The summed E-state index contributed by atoms with van der Waals surface area (Å²) in [5.74, 6) is 1.08. The van der Waals surface area contributed by atoms with Gasteiger partial charge in [0.05, 0.1) is 6.54 Å². The highest BCUT2D eigenvalue weighted by Crippen LogP contribution is 2.21. The predicted octanol–water partition coefficient (Wildman–Crippen LogP) is 3.29. The van der Waals surface area contributed by atoms with E-state index in [1.165, 1.54) is 0 Å². The first-order valence-electron chi connectivity index (χ1n) is 4.61. The number of aliphatic imine (C=N–C) groups is 1. The lowest BCUT2D eigenvalue weighted by Crippen LogP contribution is -2.18. The molecular formula is C10H10BrClN2S. The fourth-order valence-electron chi connectivity index (χ4n) is 1.29. The third kappa shape index (κ3) is 3.13. The van der Waals surface area contributed by atoms with Gasteiger partial charge in [-0.15, -0.1) is 0 Å². The van der Waals surface area contributed by atoms with Gasteiger partial charge in [-0.1, -0.05) is 39.3 Å². The number of hydrogen-bond donors (Lipinski definition) is 1. The van der Waals surface area contributed by atoms with Crippen molar-refractivity contribution >= 4 is 44.5 Å². The Morgan fingerprint density at radius 1 is 1.53 bits per heavy atom. The minimum atomic E-state index is 0.726. The van der Waals surface area contributed by atoms with E-state index in [0.29, 0.717) is 0 Å². The van der Waals surface area contributed by atoms with Crippen molar-refractivity contribution in [2.24, 2.45) is 4.99 Å². The Kier molecular flexibility index (Phi) is 3.94. The van der Waals surface area contributed by atoms with Crippen molar-refractivity contribution in [3.63, 3.8) is 0 Å². The van der Waals surface area contributed by atoms with Crippen molar-refractivity contribution in [3.8, 4) is 0 Å². The molecule has 1 heterocycles. The van der Waals surface area contributed by atoms with Gasteiger partial charge in [0.1, 0.15) is 0 Å². The Bertz CT molecular complexity index is 395. The van der Waals surface area contributed by atoms with Crippen molar-refractivity contribution in [2.45, 2.75) is 6.54 Å². The predicted molar refractivity (Wildman–Crippen MR) is 70.8 cm³/mol. The van der Waals surface area contributed by atoms with Gasteiger partial charge < -0.3 is 5.32 Å². The van der Waals surface area contributed by atoms with E-state index in [1.807, 2.05) is 18.2 Å². The lowest BCUT2D eigenvalue weighted by Gasteiger charge is -2.07. The standard InChI is InChI=1S/C10H10BrClN2S/c11-8-1-2-9(12)7(5-8)6-14-10-13-3-4-15-10/h1-2,5H,3-4,6H2,(H,13,14). The van der Waals surface area contributed by atoms with Crippen LogP contribution in [-0.2, 0) is 6.54 Å². The van der Waals surface area contributed by atoms with E-state index in [2.05, 4.69) is 26.2 Å². The highest BCUT2D eigenvalue weighted by atomic mass is 79.9. The van der Waals surface area contributed by atoms with Crippen LogP contribution in [0.3, 0.4) is 0 Å². The van der Waals surface area contributed by atoms with E-state index >= 15 is 0 Å². The van der Waals surface area contributed by atoms with E-state index in [0.717, 1.165) is 39.1 Å². The molecule has 1 aliphatic rings. The molecule has 1 aliphatic heterocycles. The molecule has 0 radical (unpaired) electrons. The zero-order valence-corrected chi connectivity index (χ0v) is 11.1. The van der Waals surface area contributed by atoms with Crippen molar-refractivity contribution in [3.05, 3.63) is 33.3 Å². The van der Waals surface area contributed by atoms with Gasteiger partial charge in [-0.05, 0) is 23.8 Å². The minimum absolute atomic E-state index is 0.726. The Morgan fingerprint density at radius 2 is 2.40 bits per heavy atom. The molecule has 0 unspecified atom stereocenters. The highest BCUT2D eigenvalue weighted by Gasteiger charge is 2.07. The quantitative estimate of drug-likeness (QED) is 0.906. The second-order valence-electron chi connectivity index (χ2n) is 3.12. The van der Waals surface area contributed by atoms with E-state index in [1.54, 1.807) is 11.8 Å². The maximum absolute atomic E-state index is 6.07. The summed E-state index contributed by atoms with van der Waals surface area (Å²) in [5, 5.41) is 5.08. The summed E-state index contributed by atoms with van der Waals surface area (Å²) in [4.78, 5) is 4.32. The molecular weight excluding hydrogens is 296 g/mol. The molecule has 1 N–H and O–H groups in total. The molecule has 2 nitrogen and oxygen atoms in total. The highest BCUT2D eigenvalue weighted by molar-refractivity contribution is 9.10. The first kappa shape index (κ1) is 11.3. The smallest absolute Gasteiger partial charge is 0.156 e. The van der Waals surface area contributed by atoms with Crippen LogP contribution in [0.25, 0.3) is 0 Å². The van der Waals surface area contributed by atoms with Gasteiger partial charge in [0.25, 0.3) is 0 Å². The number of halogens is 2. The van der Waals surface area contributed by atoms with Gasteiger partial charge in [0, 0.05) is 21.8 Å². The molecule has 0 saturated heterocycles. The fraction of sp³-hybridized carbons (Fsp3) is 0.300. The van der Waals surface area contributed by atoms with Crippen molar-refractivity contribution in [1.29, 1.82) is 0 Å². The number of amidine groups is 1. The summed E-state index contributed by atoms with van der Waals surface area (Å²) in [6.45, 7) is 1.64. The molecule has 80 valence electrons. The van der Waals surface area contributed by atoms with Crippen LogP contribution in [0.1, 0.15) is 5.56 Å². The molecule has 1 aromatic rings. The van der Waals surface area contributed by atoms with Crippen LogP contribution in [0.2, 0.25) is 5.02 Å². The molecule has 2 rings (SSSR count). The first-order valence-corrected chi connectivity index (χ1v) is 6.76. The van der Waals surface area contributed by atoms with Crippen LogP contribution in [-0.4, -0.2) is 17.5 Å². The number of nitrogens with zero attached hydrogens (tertiary/aromatic N) is 1. The van der Waals surface area contributed by atoms with Crippen LogP contribution < -0.4 is 5.32 Å². The van der Waals surface area contributed by atoms with Crippen LogP contribution >= 0.6 is 39.3 Å². The Hall–Kier alpha value is -0.190. The third-order valence-electron chi connectivity index (χ3n) is 2.02. The van der Waals surface area contributed by atoms with Crippen LogP contribution in [0.5, 0.6) is 0 Å². The second-order valence-corrected chi connectivity index (χ2v) is 5.53. The second kappa shape index (κ2) is 5.23. The number of hydrogen-bond acceptors (Lipinski definition) is 3. The normalized spacial score (nSPS) is 15.2. The number of nitrogens with one attached hydrogen (secondary N) is 1. The molecule has 0 amide bonds. The summed E-state index contributed by atoms with van der Waals surface area (Å²) in [6.07, 6.45) is 0. The summed E-state index contributed by atoms with van der Waals surface area (Å²) in [7, 11) is 0. The summed E-state index contributed by atoms with van der Waals surface area (Å²) in [5.41, 5.74) is 1.08. The minimum Gasteiger partial charge on any atom is -0.361 e. The number of benzene rings is 1. The van der Waals surface area contributed by atoms with Gasteiger partial charge in [0.15, 0.2) is 5.17 Å². The van der Waals surface area contributed by atoms with E-state index in [-0.39, 0.29) is 0 Å². The summed E-state index contributed by atoms with van der Waals surface area (Å²) in [6, 6.07) is 5.86. The van der Waals surface area contributed by atoms with Crippen molar-refractivity contribution in [1.82, 2.24) is 5.32 Å². The van der Waals surface area contributed by atoms with Crippen molar-refractivity contribution in [2.75, 3.05) is 12.3 Å². The number of thioether (sulfide) groups is 1. The molecule has 0 spiro atoms. The Balaban J connectivity index is 2.00. The molecule has 0 aliphatic carbocycles. The summed E-state index contributed by atoms with van der Waals surface area (Å²) >= 11 is 11.3. The monoisotopic (exact) mass is 304 g/mol. The maximum Gasteiger partial charge on any atom is 0.156 e. The van der Waals surface area contributed by atoms with E-state index in [9.17, 15) is 0 Å². The van der Waals surface area contributed by atoms with Gasteiger partial charge in [-0.25, -0.2) is 0 Å². The van der Waals surface area contributed by atoms with Gasteiger partial charge in [-0.3, -0.25) is 4.99 Å². The molecule has 0 atom stereocenters. The topological polar surface area (TPSA) is 24.4 Å². The molecule has 0 fully saturated rings. The first-order chi connectivity index (χ1) is 7.25. The Morgan fingerprint density at radius 3 is 3.13 bits per heavy atom. The third-order valence-corrected chi connectivity index (χ3v) is 3.82. The Labute approximate surface area is 107 Å². The zero-order valence-electron chi connectivity index (χ0n) is 7.96. The lowest BCUT2D eigenvalue weighted by molar-refractivity contribution is 0.922. The van der Waals surface area contributed by atoms with Gasteiger partial charge in [0.2, 0.25) is 0 Å². The van der Waals surface area contributed by atoms with Crippen LogP contribution in [0.4, 0.5) is 0 Å². The van der Waals surface area contributed by atoms with Gasteiger partial charge in [-0.2, -0.15) is 0 Å². The zero-order chi connectivity index (χ0) is 10.7. The van der Waals surface area contributed by atoms with Crippen molar-refractivity contribution < 1.29 is 0 Å². The van der Waals surface area contributed by atoms with Gasteiger partial charge >= 0.3 is 0 Å². The molecule has 0 aromatic heterocycles. The lowest BCUT2D eigenvalue weighted by atomic mass is 10.2. The van der Waals surface area contributed by atoms with E-state index in [4.69, 9.17) is 11.6 Å². The largest absolute Gasteiger partial charge is 0.361 e. The SMILES string of the molecule is Clc1ccc(Br)cc1CNC1=NCCS1. The van der Waals surface area contributed by atoms with Crippen LogP contribution in [0, 0.1) is 0 Å². The summed E-state index contributed by atoms with van der Waals surface area (Å²) < 4.78 is 1.05. The number of rotatable bonds is 2. The average Bonchev–Trinajstić information content (AvgIpc) is 2.72. The molecule has 0 saturated carbocycles. The molecule has 5 heteroatoms. The van der Waals surface area contributed by atoms with E-state index < -0.39 is 0 Å². The average molecular weight is 306 g/mol. The molecule has 15 heavy (non-hydrogen) atoms. The maximum atomic E-state index is 6.07.